The Morgan fingerprint density at radius 1 is 1.56 bits per heavy atom. The van der Waals surface area contributed by atoms with E-state index in [0.717, 1.165) is 5.57 Å². The molecule has 0 aromatic carbocycles. The highest BCUT2D eigenvalue weighted by molar-refractivity contribution is 5.71. The third kappa shape index (κ3) is 4.81. The van der Waals surface area contributed by atoms with Crippen LogP contribution in [0.25, 0.3) is 0 Å². The molecule has 0 bridgehead atoms. The molecule has 0 saturated heterocycles. The summed E-state index contributed by atoms with van der Waals surface area (Å²) in [5.41, 5.74) is 1.15. The fraction of sp³-hybridized carbons (Fsp3) is 0.286. The highest BCUT2D eigenvalue weighted by Crippen LogP contribution is 1.91. The molecule has 2 nitrogen and oxygen atoms in total. The van der Waals surface area contributed by atoms with Crippen LogP contribution in [-0.4, -0.2) is 11.4 Å². The molecule has 0 amide bonds. The molecule has 0 aliphatic heterocycles. The van der Waals surface area contributed by atoms with E-state index in [9.17, 15) is 0 Å². The Hall–Kier alpha value is -1.05. The van der Waals surface area contributed by atoms with Crippen LogP contribution in [0, 0.1) is 0 Å². The van der Waals surface area contributed by atoms with Gasteiger partial charge in [-0.15, -0.1) is 0 Å². The van der Waals surface area contributed by atoms with E-state index in [1.807, 2.05) is 26.0 Å². The summed E-state index contributed by atoms with van der Waals surface area (Å²) in [6, 6.07) is 0. The zero-order valence-corrected chi connectivity index (χ0v) is 5.70. The predicted molar refractivity (Wildman–Crippen MR) is 38.8 cm³/mol. The molecule has 0 rings (SSSR count). The lowest BCUT2D eigenvalue weighted by molar-refractivity contribution is 0.322. The molecule has 2 heteroatoms. The van der Waals surface area contributed by atoms with Crippen molar-refractivity contribution in [3.05, 3.63) is 23.8 Å². The van der Waals surface area contributed by atoms with E-state index >= 15 is 0 Å². The lowest BCUT2D eigenvalue weighted by Crippen LogP contribution is -1.66. The van der Waals surface area contributed by atoms with Crippen LogP contribution in [0.5, 0.6) is 0 Å². The standard InChI is InChI=1S/C7H11NO/c1-3-7(2)5-4-6-8-9/h3-6,9H,1-2H3/b5-4-,7-3-,8-6+. The molecule has 0 heterocycles. The van der Waals surface area contributed by atoms with Gasteiger partial charge in [-0.05, 0) is 19.9 Å². The summed E-state index contributed by atoms with van der Waals surface area (Å²) >= 11 is 0. The molecular formula is C7H11NO. The number of rotatable bonds is 2. The molecule has 1 N–H and O–H groups in total. The van der Waals surface area contributed by atoms with Crippen molar-refractivity contribution in [2.75, 3.05) is 0 Å². The van der Waals surface area contributed by atoms with E-state index in [4.69, 9.17) is 5.21 Å². The van der Waals surface area contributed by atoms with E-state index in [1.54, 1.807) is 6.08 Å². The van der Waals surface area contributed by atoms with Gasteiger partial charge in [-0.2, -0.15) is 0 Å². The van der Waals surface area contributed by atoms with E-state index in [1.165, 1.54) is 6.21 Å². The zero-order valence-electron chi connectivity index (χ0n) is 5.70. The van der Waals surface area contributed by atoms with Gasteiger partial charge in [0.15, 0.2) is 0 Å². The molecule has 50 valence electrons. The van der Waals surface area contributed by atoms with E-state index in [-0.39, 0.29) is 0 Å². The molecule has 0 aromatic rings. The van der Waals surface area contributed by atoms with Crippen molar-refractivity contribution < 1.29 is 5.21 Å². The monoisotopic (exact) mass is 125 g/mol. The van der Waals surface area contributed by atoms with Gasteiger partial charge in [0.2, 0.25) is 0 Å². The highest BCUT2D eigenvalue weighted by atomic mass is 16.4. The number of nitrogens with zero attached hydrogens (tertiary/aromatic N) is 1. The van der Waals surface area contributed by atoms with Crippen LogP contribution in [0.4, 0.5) is 0 Å². The maximum Gasteiger partial charge on any atom is 0.0661 e. The average Bonchev–Trinajstić information content (AvgIpc) is 1.89. The van der Waals surface area contributed by atoms with Crippen LogP contribution >= 0.6 is 0 Å². The van der Waals surface area contributed by atoms with Crippen molar-refractivity contribution in [1.29, 1.82) is 0 Å². The van der Waals surface area contributed by atoms with Crippen molar-refractivity contribution >= 4 is 6.21 Å². The fourth-order valence-corrected chi connectivity index (χ4v) is 0.330. The van der Waals surface area contributed by atoms with Gasteiger partial charge in [-0.25, -0.2) is 0 Å². The third-order valence-electron chi connectivity index (χ3n) is 0.967. The van der Waals surface area contributed by atoms with Crippen molar-refractivity contribution in [2.24, 2.45) is 5.16 Å². The zero-order chi connectivity index (χ0) is 7.11. The summed E-state index contributed by atoms with van der Waals surface area (Å²) in [6.07, 6.45) is 6.84. The van der Waals surface area contributed by atoms with Crippen molar-refractivity contribution in [3.8, 4) is 0 Å². The Morgan fingerprint density at radius 2 is 2.22 bits per heavy atom. The summed E-state index contributed by atoms with van der Waals surface area (Å²) in [6.45, 7) is 3.93. The summed E-state index contributed by atoms with van der Waals surface area (Å²) < 4.78 is 0. The second kappa shape index (κ2) is 5.09. The Bertz CT molecular complexity index is 145. The summed E-state index contributed by atoms with van der Waals surface area (Å²) in [5, 5.41) is 10.8. The van der Waals surface area contributed by atoms with Crippen LogP contribution in [0.2, 0.25) is 0 Å². The molecule has 0 atom stereocenters. The minimum atomic E-state index is 1.15. The molecule has 0 spiro atoms. The van der Waals surface area contributed by atoms with E-state index < -0.39 is 0 Å². The Balaban J connectivity index is 3.71. The highest BCUT2D eigenvalue weighted by Gasteiger charge is 1.72. The molecular weight excluding hydrogens is 114 g/mol. The van der Waals surface area contributed by atoms with Gasteiger partial charge in [0.1, 0.15) is 0 Å². The van der Waals surface area contributed by atoms with Crippen molar-refractivity contribution in [1.82, 2.24) is 0 Å². The number of hydrogen-bond acceptors (Lipinski definition) is 2. The van der Waals surface area contributed by atoms with Gasteiger partial charge in [0, 0.05) is 0 Å². The normalized spacial score (nSPS) is 13.8. The minimum absolute atomic E-state index is 1.15. The number of hydrogen-bond donors (Lipinski definition) is 1. The molecule has 0 saturated carbocycles. The third-order valence-corrected chi connectivity index (χ3v) is 0.967. The Morgan fingerprint density at radius 3 is 2.67 bits per heavy atom. The maximum atomic E-state index is 7.95. The lowest BCUT2D eigenvalue weighted by Gasteiger charge is -1.82. The van der Waals surface area contributed by atoms with E-state index in [2.05, 4.69) is 5.16 Å². The first-order chi connectivity index (χ1) is 4.31. The van der Waals surface area contributed by atoms with Crippen LogP contribution in [0.1, 0.15) is 13.8 Å². The predicted octanol–water partition coefficient (Wildman–Crippen LogP) is 1.97. The second-order valence-electron chi connectivity index (χ2n) is 1.66. The van der Waals surface area contributed by atoms with Gasteiger partial charge in [0.05, 0.1) is 6.21 Å². The first kappa shape index (κ1) is 7.95. The summed E-state index contributed by atoms with van der Waals surface area (Å²) in [7, 11) is 0. The van der Waals surface area contributed by atoms with Gasteiger partial charge >= 0.3 is 0 Å². The maximum absolute atomic E-state index is 7.95. The molecule has 0 unspecified atom stereocenters. The average molecular weight is 125 g/mol. The minimum Gasteiger partial charge on any atom is -0.411 e. The smallest absolute Gasteiger partial charge is 0.0661 e. The second-order valence-corrected chi connectivity index (χ2v) is 1.66. The van der Waals surface area contributed by atoms with Crippen LogP contribution < -0.4 is 0 Å². The molecule has 0 radical (unpaired) electrons. The topological polar surface area (TPSA) is 32.6 Å². The van der Waals surface area contributed by atoms with E-state index in [0.29, 0.717) is 0 Å². The first-order valence-corrected chi connectivity index (χ1v) is 2.78. The quantitative estimate of drug-likeness (QED) is 0.260. The van der Waals surface area contributed by atoms with Crippen LogP contribution in [0.3, 0.4) is 0 Å². The van der Waals surface area contributed by atoms with Gasteiger partial charge in [-0.3, -0.25) is 0 Å². The Labute approximate surface area is 55.2 Å². The summed E-state index contributed by atoms with van der Waals surface area (Å²) in [5.74, 6) is 0. The largest absolute Gasteiger partial charge is 0.411 e. The number of allylic oxidation sites excluding steroid dienone is 4. The van der Waals surface area contributed by atoms with Crippen LogP contribution in [-0.2, 0) is 0 Å². The van der Waals surface area contributed by atoms with Crippen molar-refractivity contribution in [2.45, 2.75) is 13.8 Å². The molecule has 0 aliphatic carbocycles. The van der Waals surface area contributed by atoms with Gasteiger partial charge < -0.3 is 5.21 Å². The fourth-order valence-electron chi connectivity index (χ4n) is 0.330. The Kier molecular flexibility index (Phi) is 4.50. The molecule has 9 heavy (non-hydrogen) atoms. The first-order valence-electron chi connectivity index (χ1n) is 2.78. The summed E-state index contributed by atoms with van der Waals surface area (Å²) in [4.78, 5) is 0. The lowest BCUT2D eigenvalue weighted by atomic mass is 10.3. The van der Waals surface area contributed by atoms with Gasteiger partial charge in [0.25, 0.3) is 0 Å². The van der Waals surface area contributed by atoms with Crippen LogP contribution in [0.15, 0.2) is 29.0 Å². The molecule has 0 fully saturated rings. The van der Waals surface area contributed by atoms with Crippen molar-refractivity contribution in [3.63, 3.8) is 0 Å². The SMILES string of the molecule is C\C=C(C)/C=C\C=N\O. The molecule has 0 aromatic heterocycles. The molecule has 0 aliphatic rings. The number of oxime groups is 1. The van der Waals surface area contributed by atoms with Gasteiger partial charge in [-0.1, -0.05) is 22.9 Å².